The molecule has 1 aromatic carbocycles. The van der Waals surface area contributed by atoms with Crippen molar-refractivity contribution in [3.05, 3.63) is 35.9 Å². The lowest BCUT2D eigenvalue weighted by atomic mass is 10.2. The summed E-state index contributed by atoms with van der Waals surface area (Å²) in [7, 11) is 0. The summed E-state index contributed by atoms with van der Waals surface area (Å²) in [5.74, 6) is 0. The highest BCUT2D eigenvalue weighted by molar-refractivity contribution is 5.66. The van der Waals surface area contributed by atoms with E-state index in [4.69, 9.17) is 9.57 Å². The van der Waals surface area contributed by atoms with E-state index < -0.39 is 6.09 Å². The highest BCUT2D eigenvalue weighted by Gasteiger charge is 2.15. The van der Waals surface area contributed by atoms with Crippen molar-refractivity contribution in [2.45, 2.75) is 20.4 Å². The molecule has 0 aliphatic carbocycles. The van der Waals surface area contributed by atoms with E-state index in [9.17, 15) is 4.79 Å². The van der Waals surface area contributed by atoms with Crippen molar-refractivity contribution in [2.75, 3.05) is 13.2 Å². The first kappa shape index (κ1) is 12.5. The van der Waals surface area contributed by atoms with Crippen LogP contribution in [0.25, 0.3) is 0 Å². The molecule has 0 unspecified atom stereocenters. The van der Waals surface area contributed by atoms with Gasteiger partial charge in [-0.3, -0.25) is 4.84 Å². The quantitative estimate of drug-likeness (QED) is 0.720. The second-order valence-corrected chi connectivity index (χ2v) is 3.14. The van der Waals surface area contributed by atoms with Gasteiger partial charge in [0.1, 0.15) is 0 Å². The topological polar surface area (TPSA) is 38.8 Å². The average molecular weight is 223 g/mol. The van der Waals surface area contributed by atoms with Crippen LogP contribution in [0.2, 0.25) is 0 Å². The summed E-state index contributed by atoms with van der Waals surface area (Å²) in [5.41, 5.74) is 1.00. The second kappa shape index (κ2) is 6.85. The Bertz CT molecular complexity index is 313. The number of hydroxylamine groups is 2. The highest BCUT2D eigenvalue weighted by atomic mass is 16.7. The molecule has 16 heavy (non-hydrogen) atoms. The van der Waals surface area contributed by atoms with Crippen molar-refractivity contribution in [3.63, 3.8) is 0 Å². The third-order valence-electron chi connectivity index (χ3n) is 1.93. The number of benzene rings is 1. The lowest BCUT2D eigenvalue weighted by Crippen LogP contribution is -2.31. The molecule has 1 amide bonds. The maximum atomic E-state index is 11.5. The van der Waals surface area contributed by atoms with Gasteiger partial charge >= 0.3 is 6.09 Å². The highest BCUT2D eigenvalue weighted by Crippen LogP contribution is 2.06. The predicted molar refractivity (Wildman–Crippen MR) is 60.6 cm³/mol. The summed E-state index contributed by atoms with van der Waals surface area (Å²) >= 11 is 0. The Labute approximate surface area is 95.7 Å². The lowest BCUT2D eigenvalue weighted by molar-refractivity contribution is -0.138. The number of hydrogen-bond acceptors (Lipinski definition) is 3. The number of ether oxygens (including phenoxy) is 1. The van der Waals surface area contributed by atoms with Gasteiger partial charge in [-0.15, -0.1) is 0 Å². The molecular weight excluding hydrogens is 206 g/mol. The molecule has 0 bridgehead atoms. The van der Waals surface area contributed by atoms with Gasteiger partial charge in [0.15, 0.2) is 0 Å². The normalized spacial score (nSPS) is 9.88. The minimum absolute atomic E-state index is 0.344. The van der Waals surface area contributed by atoms with Gasteiger partial charge in [0.25, 0.3) is 0 Å². The molecular formula is C12H17NO3. The molecule has 0 aliphatic rings. The van der Waals surface area contributed by atoms with Crippen LogP contribution >= 0.6 is 0 Å². The maximum absolute atomic E-state index is 11.5. The Balaban J connectivity index is 2.60. The molecule has 4 nitrogen and oxygen atoms in total. The van der Waals surface area contributed by atoms with Crippen LogP contribution in [0.15, 0.2) is 30.3 Å². The van der Waals surface area contributed by atoms with Gasteiger partial charge in [0.05, 0.1) is 19.8 Å². The van der Waals surface area contributed by atoms with Crippen LogP contribution in [0.5, 0.6) is 0 Å². The molecule has 0 saturated carbocycles. The van der Waals surface area contributed by atoms with E-state index in [1.807, 2.05) is 37.3 Å². The van der Waals surface area contributed by atoms with Crippen molar-refractivity contribution >= 4 is 6.09 Å². The lowest BCUT2D eigenvalue weighted by Gasteiger charge is -2.20. The summed E-state index contributed by atoms with van der Waals surface area (Å²) < 4.78 is 4.89. The smallest absolute Gasteiger partial charge is 0.434 e. The largest absolute Gasteiger partial charge is 0.448 e. The molecule has 0 aromatic heterocycles. The third-order valence-corrected chi connectivity index (χ3v) is 1.93. The summed E-state index contributed by atoms with van der Waals surface area (Å²) in [6.45, 7) is 4.78. The Kier molecular flexibility index (Phi) is 5.36. The summed E-state index contributed by atoms with van der Waals surface area (Å²) in [6.07, 6.45) is -0.451. The minimum atomic E-state index is -0.451. The van der Waals surface area contributed by atoms with Crippen molar-refractivity contribution < 1.29 is 14.4 Å². The van der Waals surface area contributed by atoms with Crippen molar-refractivity contribution in [2.24, 2.45) is 0 Å². The predicted octanol–water partition coefficient (Wildman–Crippen LogP) is 2.60. The van der Waals surface area contributed by atoms with E-state index in [0.717, 1.165) is 5.56 Å². The number of hydrogen-bond donors (Lipinski definition) is 0. The van der Waals surface area contributed by atoms with Gasteiger partial charge in [-0.2, -0.15) is 5.06 Å². The van der Waals surface area contributed by atoms with Crippen molar-refractivity contribution in [3.8, 4) is 0 Å². The van der Waals surface area contributed by atoms with E-state index in [2.05, 4.69) is 0 Å². The van der Waals surface area contributed by atoms with Crippen LogP contribution in [-0.2, 0) is 16.1 Å². The van der Waals surface area contributed by atoms with Crippen LogP contribution in [0, 0.1) is 0 Å². The summed E-state index contributed by atoms with van der Waals surface area (Å²) in [4.78, 5) is 16.7. The average Bonchev–Trinajstić information content (AvgIpc) is 2.30. The van der Waals surface area contributed by atoms with Gasteiger partial charge in [0, 0.05) is 0 Å². The van der Waals surface area contributed by atoms with Gasteiger partial charge in [0.2, 0.25) is 0 Å². The fraction of sp³-hybridized carbons (Fsp3) is 0.417. The zero-order chi connectivity index (χ0) is 11.8. The summed E-state index contributed by atoms with van der Waals surface area (Å²) in [5, 5.41) is 1.23. The SMILES string of the molecule is CCOC(=O)N(Cc1ccccc1)OCC. The molecule has 4 heteroatoms. The van der Waals surface area contributed by atoms with Crippen LogP contribution in [0.4, 0.5) is 4.79 Å². The van der Waals surface area contributed by atoms with Crippen LogP contribution in [0.1, 0.15) is 19.4 Å². The second-order valence-electron chi connectivity index (χ2n) is 3.14. The molecule has 0 spiro atoms. The van der Waals surface area contributed by atoms with Crippen molar-refractivity contribution in [1.82, 2.24) is 5.06 Å². The third kappa shape index (κ3) is 3.90. The number of amides is 1. The van der Waals surface area contributed by atoms with Crippen LogP contribution in [-0.4, -0.2) is 24.4 Å². The number of nitrogens with zero attached hydrogens (tertiary/aromatic N) is 1. The fourth-order valence-electron chi connectivity index (χ4n) is 1.26. The molecule has 1 rings (SSSR count). The minimum Gasteiger partial charge on any atom is -0.448 e. The maximum Gasteiger partial charge on any atom is 0.434 e. The van der Waals surface area contributed by atoms with Gasteiger partial charge in [-0.1, -0.05) is 30.3 Å². The van der Waals surface area contributed by atoms with E-state index in [1.165, 1.54) is 5.06 Å². The first-order valence-corrected chi connectivity index (χ1v) is 5.39. The van der Waals surface area contributed by atoms with E-state index in [1.54, 1.807) is 6.92 Å². The standard InChI is InChI=1S/C12H17NO3/c1-3-15-12(14)13(16-4-2)10-11-8-6-5-7-9-11/h5-9H,3-4,10H2,1-2H3. The molecule has 0 N–H and O–H groups in total. The van der Waals surface area contributed by atoms with Gasteiger partial charge < -0.3 is 4.74 Å². The molecule has 0 saturated heterocycles. The number of carbonyl (C=O) groups excluding carboxylic acids is 1. The molecule has 88 valence electrons. The first-order valence-electron chi connectivity index (χ1n) is 5.39. The van der Waals surface area contributed by atoms with Crippen molar-refractivity contribution in [1.29, 1.82) is 0 Å². The molecule has 0 aliphatic heterocycles. The fourth-order valence-corrected chi connectivity index (χ4v) is 1.26. The zero-order valence-electron chi connectivity index (χ0n) is 9.68. The van der Waals surface area contributed by atoms with Gasteiger partial charge in [-0.05, 0) is 19.4 Å². The first-order chi connectivity index (χ1) is 7.77. The molecule has 1 aromatic rings. The van der Waals surface area contributed by atoms with E-state index >= 15 is 0 Å². The number of carbonyl (C=O) groups is 1. The molecule has 0 atom stereocenters. The Hall–Kier alpha value is -1.55. The van der Waals surface area contributed by atoms with E-state index in [-0.39, 0.29) is 0 Å². The Morgan fingerprint density at radius 1 is 1.19 bits per heavy atom. The Morgan fingerprint density at radius 3 is 2.44 bits per heavy atom. The van der Waals surface area contributed by atoms with Crippen LogP contribution in [0.3, 0.4) is 0 Å². The number of rotatable bonds is 5. The molecule has 0 heterocycles. The van der Waals surface area contributed by atoms with Crippen LogP contribution < -0.4 is 0 Å². The van der Waals surface area contributed by atoms with E-state index in [0.29, 0.717) is 19.8 Å². The zero-order valence-corrected chi connectivity index (χ0v) is 9.68. The summed E-state index contributed by atoms with van der Waals surface area (Å²) in [6, 6.07) is 9.64. The Morgan fingerprint density at radius 2 is 1.88 bits per heavy atom. The molecule has 0 radical (unpaired) electrons. The van der Waals surface area contributed by atoms with Gasteiger partial charge in [-0.25, -0.2) is 4.79 Å². The monoisotopic (exact) mass is 223 g/mol. The molecule has 0 fully saturated rings.